The zero-order chi connectivity index (χ0) is 14.9. The quantitative estimate of drug-likeness (QED) is 0.903. The van der Waals surface area contributed by atoms with Gasteiger partial charge in [-0.05, 0) is 25.1 Å². The Hall–Kier alpha value is -1.57. The van der Waals surface area contributed by atoms with Crippen LogP contribution in [-0.4, -0.2) is 14.3 Å². The summed E-state index contributed by atoms with van der Waals surface area (Å²) >= 11 is 7.01. The maximum atomic E-state index is 12.3. The number of nitrogens with one attached hydrogen (secondary N) is 1. The fourth-order valence-electron chi connectivity index (χ4n) is 1.61. The second kappa shape index (κ2) is 5.43. The van der Waals surface area contributed by atoms with E-state index in [0.29, 0.717) is 0 Å². The Balaban J connectivity index is 2.44. The van der Waals surface area contributed by atoms with Crippen molar-refractivity contribution in [1.29, 1.82) is 0 Å². The molecule has 0 atom stereocenters. The average Bonchev–Trinajstić information content (AvgIpc) is 2.70. The van der Waals surface area contributed by atoms with Crippen LogP contribution in [0, 0.1) is 6.92 Å². The summed E-state index contributed by atoms with van der Waals surface area (Å²) in [7, 11) is -3.87. The molecule has 0 aliphatic carbocycles. The van der Waals surface area contributed by atoms with Crippen LogP contribution in [0.2, 0.25) is 5.02 Å². The summed E-state index contributed by atoms with van der Waals surface area (Å²) in [6, 6.07) is 7.60. The third-order valence-electron chi connectivity index (χ3n) is 2.47. The summed E-state index contributed by atoms with van der Waals surface area (Å²) < 4.78 is 26.9. The van der Waals surface area contributed by atoms with Crippen LogP contribution in [0.15, 0.2) is 35.2 Å². The van der Waals surface area contributed by atoms with Crippen LogP contribution in [0.3, 0.4) is 0 Å². The molecule has 2 aromatic rings. The molecule has 0 bridgehead atoms. The molecule has 8 heteroatoms. The van der Waals surface area contributed by atoms with Crippen LogP contribution in [0.4, 0.5) is 5.00 Å². The van der Waals surface area contributed by atoms with Gasteiger partial charge in [0.1, 0.15) is 9.90 Å². The number of hydrogen-bond acceptors (Lipinski definition) is 4. The Labute approximate surface area is 125 Å². The van der Waals surface area contributed by atoms with E-state index >= 15 is 0 Å². The summed E-state index contributed by atoms with van der Waals surface area (Å²) in [5.41, 5.74) is 5.36. The van der Waals surface area contributed by atoms with Crippen molar-refractivity contribution in [2.45, 2.75) is 11.8 Å². The molecule has 1 aromatic heterocycles. The lowest BCUT2D eigenvalue weighted by atomic mass is 10.3. The zero-order valence-electron chi connectivity index (χ0n) is 10.4. The molecule has 0 unspecified atom stereocenters. The molecular formula is C12H11ClN2O3S2. The van der Waals surface area contributed by atoms with Gasteiger partial charge in [0, 0.05) is 4.88 Å². The maximum Gasteiger partial charge on any atom is 0.264 e. The third kappa shape index (κ3) is 2.95. The van der Waals surface area contributed by atoms with Crippen molar-refractivity contribution in [3.8, 4) is 0 Å². The molecule has 0 saturated carbocycles. The second-order valence-electron chi connectivity index (χ2n) is 4.00. The molecule has 0 aliphatic rings. The largest absolute Gasteiger partial charge is 0.366 e. The van der Waals surface area contributed by atoms with Gasteiger partial charge >= 0.3 is 0 Å². The number of thiophene rings is 1. The van der Waals surface area contributed by atoms with E-state index in [-0.39, 0.29) is 20.5 Å². The van der Waals surface area contributed by atoms with Gasteiger partial charge in [0.05, 0.1) is 10.6 Å². The lowest BCUT2D eigenvalue weighted by Gasteiger charge is -2.08. The van der Waals surface area contributed by atoms with Crippen molar-refractivity contribution in [1.82, 2.24) is 0 Å². The Morgan fingerprint density at radius 2 is 2.00 bits per heavy atom. The normalized spacial score (nSPS) is 11.3. The van der Waals surface area contributed by atoms with Crippen molar-refractivity contribution in [2.24, 2.45) is 5.73 Å². The molecular weight excluding hydrogens is 320 g/mol. The van der Waals surface area contributed by atoms with Gasteiger partial charge in [0.2, 0.25) is 0 Å². The minimum absolute atomic E-state index is 0.0526. The third-order valence-corrected chi connectivity index (χ3v) is 5.42. The van der Waals surface area contributed by atoms with Crippen LogP contribution >= 0.6 is 22.9 Å². The smallest absolute Gasteiger partial charge is 0.264 e. The summed E-state index contributed by atoms with van der Waals surface area (Å²) in [6.07, 6.45) is 0. The molecule has 1 heterocycles. The first-order valence-electron chi connectivity index (χ1n) is 5.49. The Morgan fingerprint density at radius 3 is 2.60 bits per heavy atom. The summed E-state index contributed by atoms with van der Waals surface area (Å²) in [5.74, 6) is -0.689. The highest BCUT2D eigenvalue weighted by molar-refractivity contribution is 7.93. The highest BCUT2D eigenvalue weighted by atomic mass is 35.5. The van der Waals surface area contributed by atoms with E-state index in [9.17, 15) is 13.2 Å². The predicted molar refractivity (Wildman–Crippen MR) is 79.8 cm³/mol. The van der Waals surface area contributed by atoms with Gasteiger partial charge in [0.25, 0.3) is 15.9 Å². The van der Waals surface area contributed by atoms with E-state index in [1.165, 1.54) is 18.2 Å². The highest BCUT2D eigenvalue weighted by Gasteiger charge is 2.21. The lowest BCUT2D eigenvalue weighted by Crippen LogP contribution is -2.17. The van der Waals surface area contributed by atoms with Crippen LogP contribution in [0.5, 0.6) is 0 Å². The molecule has 5 nitrogen and oxygen atoms in total. The minimum Gasteiger partial charge on any atom is -0.366 e. The van der Waals surface area contributed by atoms with Crippen LogP contribution in [0.1, 0.15) is 15.2 Å². The van der Waals surface area contributed by atoms with Crippen molar-refractivity contribution in [3.63, 3.8) is 0 Å². The number of hydrogen-bond donors (Lipinski definition) is 2. The number of nitrogens with two attached hydrogens (primary N) is 1. The number of anilines is 1. The number of carbonyl (C=O) groups is 1. The van der Waals surface area contributed by atoms with Gasteiger partial charge in [-0.1, -0.05) is 23.7 Å². The molecule has 0 aliphatic heterocycles. The SMILES string of the molecule is Cc1cc(C(N)=O)c(NS(=O)(=O)c2ccccc2Cl)s1. The number of aryl methyl sites for hydroxylation is 1. The van der Waals surface area contributed by atoms with Gasteiger partial charge in [0.15, 0.2) is 0 Å². The Morgan fingerprint density at radius 1 is 1.35 bits per heavy atom. The van der Waals surface area contributed by atoms with Crippen molar-refractivity contribution < 1.29 is 13.2 Å². The van der Waals surface area contributed by atoms with E-state index in [1.807, 2.05) is 0 Å². The standard InChI is InChI=1S/C12H11ClN2O3S2/c1-7-6-8(11(14)16)12(19-7)15-20(17,18)10-5-3-2-4-9(10)13/h2-6,15H,1H3,(H2,14,16). The maximum absolute atomic E-state index is 12.3. The number of benzene rings is 1. The van der Waals surface area contributed by atoms with Gasteiger partial charge in [-0.3, -0.25) is 9.52 Å². The fraction of sp³-hybridized carbons (Fsp3) is 0.0833. The topological polar surface area (TPSA) is 89.3 Å². The Kier molecular flexibility index (Phi) is 4.03. The van der Waals surface area contributed by atoms with Crippen molar-refractivity contribution in [3.05, 3.63) is 45.8 Å². The second-order valence-corrected chi connectivity index (χ2v) is 7.31. The first-order valence-corrected chi connectivity index (χ1v) is 8.16. The van der Waals surface area contributed by atoms with Gasteiger partial charge in [-0.2, -0.15) is 0 Å². The number of halogens is 1. The minimum atomic E-state index is -3.87. The van der Waals surface area contributed by atoms with Crippen LogP contribution in [0.25, 0.3) is 0 Å². The molecule has 1 aromatic carbocycles. The van der Waals surface area contributed by atoms with Crippen molar-refractivity contribution in [2.75, 3.05) is 4.72 Å². The monoisotopic (exact) mass is 330 g/mol. The molecule has 0 saturated heterocycles. The molecule has 3 N–H and O–H groups in total. The van der Waals surface area contributed by atoms with Gasteiger partial charge in [-0.25, -0.2) is 8.42 Å². The molecule has 0 fully saturated rings. The van der Waals surface area contributed by atoms with E-state index in [4.69, 9.17) is 17.3 Å². The number of amides is 1. The van der Waals surface area contributed by atoms with E-state index in [0.717, 1.165) is 16.2 Å². The van der Waals surface area contributed by atoms with Gasteiger partial charge < -0.3 is 5.73 Å². The Bertz CT molecular complexity index is 769. The summed E-state index contributed by atoms with van der Waals surface area (Å²) in [5, 5.41) is 0.295. The fourth-order valence-corrected chi connectivity index (χ4v) is 4.36. The van der Waals surface area contributed by atoms with Crippen molar-refractivity contribution >= 4 is 43.9 Å². The molecule has 0 spiro atoms. The molecule has 2 rings (SSSR count). The highest BCUT2D eigenvalue weighted by Crippen LogP contribution is 2.30. The van der Waals surface area contributed by atoms with Crippen LogP contribution < -0.4 is 10.5 Å². The first kappa shape index (κ1) is 14.8. The molecule has 1 amide bonds. The summed E-state index contributed by atoms with van der Waals surface area (Å²) in [6.45, 7) is 1.75. The van der Waals surface area contributed by atoms with Crippen LogP contribution in [-0.2, 0) is 10.0 Å². The molecule has 0 radical (unpaired) electrons. The number of carbonyl (C=O) groups excluding carboxylic acids is 1. The van der Waals surface area contributed by atoms with Gasteiger partial charge in [-0.15, -0.1) is 11.3 Å². The predicted octanol–water partition coefficient (Wildman–Crippen LogP) is 2.61. The number of sulfonamides is 1. The summed E-state index contributed by atoms with van der Waals surface area (Å²) in [4.78, 5) is 12.0. The molecule has 106 valence electrons. The lowest BCUT2D eigenvalue weighted by molar-refractivity contribution is 0.100. The molecule has 20 heavy (non-hydrogen) atoms. The zero-order valence-corrected chi connectivity index (χ0v) is 12.8. The van der Waals surface area contributed by atoms with E-state index < -0.39 is 15.9 Å². The first-order chi connectivity index (χ1) is 9.31. The van der Waals surface area contributed by atoms with E-state index in [2.05, 4.69) is 4.72 Å². The van der Waals surface area contributed by atoms with E-state index in [1.54, 1.807) is 19.1 Å². The number of rotatable bonds is 4. The average molecular weight is 331 g/mol. The number of primary amides is 1.